The van der Waals surface area contributed by atoms with Crippen LogP contribution in [0.3, 0.4) is 0 Å². The largest absolute Gasteiger partial charge is 0.394 e. The summed E-state index contributed by atoms with van der Waals surface area (Å²) in [5.74, 6) is -4.45. The molecule has 3 N–H and O–H groups in total. The van der Waals surface area contributed by atoms with Crippen LogP contribution in [0.15, 0.2) is 24.3 Å². The lowest BCUT2D eigenvalue weighted by atomic mass is 10.0. The molecule has 2 amide bonds. The second kappa shape index (κ2) is 12.0. The number of rotatable bonds is 12. The summed E-state index contributed by atoms with van der Waals surface area (Å²) >= 11 is 0. The maximum absolute atomic E-state index is 15.0. The number of carbonyl (C=O) groups is 2. The van der Waals surface area contributed by atoms with Gasteiger partial charge in [0.15, 0.2) is 11.6 Å². The van der Waals surface area contributed by atoms with Gasteiger partial charge in [-0.3, -0.25) is 14.4 Å². The molecule has 0 fully saturated rings. The summed E-state index contributed by atoms with van der Waals surface area (Å²) in [6, 6.07) is 5.09. The topological polar surface area (TPSA) is 100 Å². The van der Waals surface area contributed by atoms with E-state index < -0.39 is 41.2 Å². The molecule has 0 spiro atoms. The van der Waals surface area contributed by atoms with Gasteiger partial charge in [0.2, 0.25) is 6.41 Å². The number of nitrogens with one attached hydrogen (secondary N) is 2. The molecule has 0 aromatic heterocycles. The number of methoxy groups -OCH3 is 1. The lowest BCUT2D eigenvalue weighted by molar-refractivity contribution is -0.119. The minimum atomic E-state index is -1.44. The number of aliphatic hydroxyl groups excluding tert-OH is 1. The molecule has 174 valence electrons. The molecule has 2 aromatic carbocycles. The van der Waals surface area contributed by atoms with Crippen molar-refractivity contribution in [3.8, 4) is 0 Å². The highest BCUT2D eigenvalue weighted by molar-refractivity contribution is 6.00. The fourth-order valence-corrected chi connectivity index (χ4v) is 2.76. The van der Waals surface area contributed by atoms with E-state index in [0.29, 0.717) is 12.0 Å². The number of anilines is 2. The third-order valence-electron chi connectivity index (χ3n) is 4.37. The van der Waals surface area contributed by atoms with Gasteiger partial charge in [0.25, 0.3) is 5.91 Å². The predicted molar refractivity (Wildman–Crippen MR) is 110 cm³/mol. The van der Waals surface area contributed by atoms with Crippen molar-refractivity contribution in [2.24, 2.45) is 0 Å². The molecular formula is C21H24F3N3O5. The Hall–Kier alpha value is -3.15. The van der Waals surface area contributed by atoms with Crippen molar-refractivity contribution in [3.05, 3.63) is 58.4 Å². The lowest BCUT2D eigenvalue weighted by Crippen LogP contribution is -2.28. The summed E-state index contributed by atoms with van der Waals surface area (Å²) in [4.78, 5) is 29.7. The second-order valence-corrected chi connectivity index (χ2v) is 6.77. The van der Waals surface area contributed by atoms with Gasteiger partial charge in [0, 0.05) is 25.8 Å². The van der Waals surface area contributed by atoms with Crippen LogP contribution in [0.5, 0.6) is 0 Å². The molecule has 0 heterocycles. The molecule has 0 unspecified atom stereocenters. The molecule has 32 heavy (non-hydrogen) atoms. The molecule has 0 aliphatic heterocycles. The number of benzene rings is 2. The fourth-order valence-electron chi connectivity index (χ4n) is 2.76. The Morgan fingerprint density at radius 2 is 1.94 bits per heavy atom. The Balaban J connectivity index is 2.49. The van der Waals surface area contributed by atoms with Crippen LogP contribution in [0.25, 0.3) is 0 Å². The highest BCUT2D eigenvalue weighted by Gasteiger charge is 2.24. The van der Waals surface area contributed by atoms with E-state index in [1.807, 2.05) is 5.48 Å². The maximum atomic E-state index is 15.0. The van der Waals surface area contributed by atoms with Crippen molar-refractivity contribution in [2.75, 3.05) is 38.8 Å². The molecule has 0 radical (unpaired) electrons. The summed E-state index contributed by atoms with van der Waals surface area (Å²) in [5, 5.41) is 11.2. The molecule has 8 nitrogen and oxygen atoms in total. The zero-order valence-corrected chi connectivity index (χ0v) is 17.6. The highest BCUT2D eigenvalue weighted by Crippen LogP contribution is 2.30. The number of hydrogen-bond acceptors (Lipinski definition) is 6. The van der Waals surface area contributed by atoms with Crippen molar-refractivity contribution >= 4 is 23.7 Å². The Labute approximate surface area is 182 Å². The molecular weight excluding hydrogens is 431 g/mol. The lowest BCUT2D eigenvalue weighted by Gasteiger charge is -2.20. The highest BCUT2D eigenvalue weighted by atomic mass is 19.2. The van der Waals surface area contributed by atoms with Crippen LogP contribution in [0.2, 0.25) is 0 Å². The zero-order valence-electron chi connectivity index (χ0n) is 17.6. The third-order valence-corrected chi connectivity index (χ3v) is 4.37. The summed E-state index contributed by atoms with van der Waals surface area (Å²) in [5.41, 5.74) is 1.13. The number of hydroxylamine groups is 1. The number of amides is 2. The van der Waals surface area contributed by atoms with Gasteiger partial charge in [-0.2, -0.15) is 0 Å². The van der Waals surface area contributed by atoms with Crippen molar-refractivity contribution in [1.82, 2.24) is 10.4 Å². The summed E-state index contributed by atoms with van der Waals surface area (Å²) in [6.45, 7) is 0.951. The second-order valence-electron chi connectivity index (χ2n) is 6.77. The third kappa shape index (κ3) is 6.42. The van der Waals surface area contributed by atoms with E-state index in [4.69, 9.17) is 14.7 Å². The van der Waals surface area contributed by atoms with Crippen LogP contribution in [0.1, 0.15) is 21.5 Å². The zero-order chi connectivity index (χ0) is 23.7. The molecule has 0 bridgehead atoms. The van der Waals surface area contributed by atoms with Gasteiger partial charge < -0.3 is 20.1 Å². The number of hydrogen-bond donors (Lipinski definition) is 3. The van der Waals surface area contributed by atoms with Crippen LogP contribution in [-0.2, 0) is 20.9 Å². The summed E-state index contributed by atoms with van der Waals surface area (Å²) < 4.78 is 49.0. The number of aryl methyl sites for hydroxylation is 1. The van der Waals surface area contributed by atoms with Gasteiger partial charge in [0.05, 0.1) is 36.8 Å². The predicted octanol–water partition coefficient (Wildman–Crippen LogP) is 2.41. The van der Waals surface area contributed by atoms with E-state index >= 15 is 4.39 Å². The molecule has 2 rings (SSSR count). The molecule has 11 heteroatoms. The molecule has 0 aliphatic rings. The molecule has 0 saturated heterocycles. The Bertz CT molecular complexity index is 959. The van der Waals surface area contributed by atoms with E-state index in [1.54, 1.807) is 13.0 Å². The van der Waals surface area contributed by atoms with Crippen LogP contribution in [0, 0.1) is 24.4 Å². The van der Waals surface area contributed by atoms with Gasteiger partial charge in [-0.25, -0.2) is 18.7 Å². The monoisotopic (exact) mass is 455 g/mol. The molecule has 0 saturated carbocycles. The minimum Gasteiger partial charge on any atom is -0.394 e. The molecule has 0 aliphatic carbocycles. The average molecular weight is 455 g/mol. The first-order valence-corrected chi connectivity index (χ1v) is 9.57. The van der Waals surface area contributed by atoms with Crippen molar-refractivity contribution in [1.29, 1.82) is 0 Å². The number of halogens is 3. The fraction of sp³-hybridized carbons (Fsp3) is 0.333. The Morgan fingerprint density at radius 3 is 2.56 bits per heavy atom. The minimum absolute atomic E-state index is 0.108. The first kappa shape index (κ1) is 25.1. The summed E-state index contributed by atoms with van der Waals surface area (Å²) in [6.07, 6.45) is 0.439. The van der Waals surface area contributed by atoms with E-state index in [1.165, 1.54) is 19.2 Å². The van der Waals surface area contributed by atoms with Crippen LogP contribution < -0.4 is 10.8 Å². The van der Waals surface area contributed by atoms with Crippen LogP contribution >= 0.6 is 0 Å². The van der Waals surface area contributed by atoms with Crippen molar-refractivity contribution in [3.63, 3.8) is 0 Å². The van der Waals surface area contributed by atoms with Crippen LogP contribution in [0.4, 0.5) is 24.5 Å². The first-order valence-electron chi connectivity index (χ1n) is 9.57. The average Bonchev–Trinajstić information content (AvgIpc) is 2.77. The van der Waals surface area contributed by atoms with Crippen molar-refractivity contribution < 1.29 is 37.4 Å². The van der Waals surface area contributed by atoms with E-state index in [9.17, 15) is 18.4 Å². The van der Waals surface area contributed by atoms with E-state index in [-0.39, 0.29) is 37.6 Å². The van der Waals surface area contributed by atoms with E-state index in [0.717, 1.165) is 11.0 Å². The number of carbonyl (C=O) groups excluding carboxylic acids is 2. The van der Waals surface area contributed by atoms with Gasteiger partial charge in [0.1, 0.15) is 5.82 Å². The van der Waals surface area contributed by atoms with Gasteiger partial charge in [-0.1, -0.05) is 6.07 Å². The Morgan fingerprint density at radius 1 is 1.19 bits per heavy atom. The molecule has 2 aromatic rings. The van der Waals surface area contributed by atoms with Crippen LogP contribution in [-0.4, -0.2) is 55.8 Å². The van der Waals surface area contributed by atoms with Gasteiger partial charge >= 0.3 is 0 Å². The smallest absolute Gasteiger partial charge is 0.277 e. The maximum Gasteiger partial charge on any atom is 0.277 e. The number of aliphatic hydroxyl groups is 1. The van der Waals surface area contributed by atoms with Crippen molar-refractivity contribution in [2.45, 2.75) is 13.5 Å². The first-order chi connectivity index (χ1) is 15.3. The standard InChI is InChI=1S/C21H24F3N3O5/c1-13-3-4-17(16(22)9-13)25-20-15(21(30)26-32-8-6-28)10-14(18(23)19(20)24)11-27(12-29)5-7-31-2/h3-4,9-10,12,25,28H,5-8,11H2,1-2H3,(H,26,30). The van der Waals surface area contributed by atoms with Gasteiger partial charge in [-0.05, 0) is 30.7 Å². The number of ether oxygens (including phenoxy) is 1. The number of nitrogens with zero attached hydrogens (tertiary/aromatic N) is 1. The SMILES string of the molecule is COCCN(C=O)Cc1cc(C(=O)NOCCO)c(Nc2ccc(C)cc2F)c(F)c1F. The summed E-state index contributed by atoms with van der Waals surface area (Å²) in [7, 11) is 1.42. The van der Waals surface area contributed by atoms with Gasteiger partial charge in [-0.15, -0.1) is 0 Å². The quantitative estimate of drug-likeness (QED) is 0.258. The normalized spacial score (nSPS) is 10.7. The Kier molecular flexibility index (Phi) is 9.44. The van der Waals surface area contributed by atoms with E-state index in [2.05, 4.69) is 5.32 Å². The molecule has 0 atom stereocenters.